The molecule has 0 aromatic heterocycles. The highest BCUT2D eigenvalue weighted by molar-refractivity contribution is 14.1. The highest BCUT2D eigenvalue weighted by Crippen LogP contribution is 2.10. The molecule has 0 aliphatic carbocycles. The van der Waals surface area contributed by atoms with Gasteiger partial charge in [-0.2, -0.15) is 0 Å². The molecule has 0 radical (unpaired) electrons. The molecule has 0 aliphatic rings. The molecule has 0 aromatic carbocycles. The molecule has 2 N–H and O–H groups in total. The van der Waals surface area contributed by atoms with Crippen LogP contribution in [0.4, 0.5) is 0 Å². The van der Waals surface area contributed by atoms with Crippen LogP contribution >= 0.6 is 22.6 Å². The molecular weight excluding hydrogens is 275 g/mol. The van der Waals surface area contributed by atoms with E-state index in [1.807, 2.05) is 0 Å². The Morgan fingerprint density at radius 1 is 1.31 bits per heavy atom. The van der Waals surface area contributed by atoms with Gasteiger partial charge >= 0.3 is 0 Å². The van der Waals surface area contributed by atoms with Crippen LogP contribution < -0.4 is 5.73 Å². The molecular formula is C10H24IN2+. The van der Waals surface area contributed by atoms with E-state index in [1.54, 1.807) is 0 Å². The Balaban J connectivity index is 3.74. The SMILES string of the molecule is CC(C)C[N+](C)(C)CCC(I)CN. The van der Waals surface area contributed by atoms with E-state index in [0.717, 1.165) is 16.9 Å². The third-order valence-electron chi connectivity index (χ3n) is 2.16. The van der Waals surface area contributed by atoms with Crippen molar-refractivity contribution >= 4 is 22.6 Å². The number of quaternary nitrogens is 1. The quantitative estimate of drug-likeness (QED) is 0.452. The minimum Gasteiger partial charge on any atom is -0.329 e. The van der Waals surface area contributed by atoms with Gasteiger partial charge < -0.3 is 10.2 Å². The predicted molar refractivity (Wildman–Crippen MR) is 68.2 cm³/mol. The molecule has 0 rings (SSSR count). The van der Waals surface area contributed by atoms with Gasteiger partial charge in [0.1, 0.15) is 0 Å². The van der Waals surface area contributed by atoms with E-state index in [9.17, 15) is 0 Å². The van der Waals surface area contributed by atoms with Gasteiger partial charge in [-0.15, -0.1) is 0 Å². The summed E-state index contributed by atoms with van der Waals surface area (Å²) in [5.74, 6) is 0.778. The molecule has 0 fully saturated rings. The summed E-state index contributed by atoms with van der Waals surface area (Å²) in [4.78, 5) is 0. The largest absolute Gasteiger partial charge is 0.329 e. The first-order valence-electron chi connectivity index (χ1n) is 5.03. The summed E-state index contributed by atoms with van der Waals surface area (Å²) in [6.45, 7) is 7.87. The van der Waals surface area contributed by atoms with Gasteiger partial charge in [-0.3, -0.25) is 0 Å². The molecule has 2 nitrogen and oxygen atoms in total. The second-order valence-electron chi connectivity index (χ2n) is 4.86. The number of alkyl halides is 1. The van der Waals surface area contributed by atoms with E-state index in [4.69, 9.17) is 5.73 Å². The van der Waals surface area contributed by atoms with Gasteiger partial charge in [0.05, 0.1) is 27.2 Å². The monoisotopic (exact) mass is 299 g/mol. The third-order valence-corrected chi connectivity index (χ3v) is 3.29. The Bertz CT molecular complexity index is 135. The topological polar surface area (TPSA) is 26.0 Å². The lowest BCUT2D eigenvalue weighted by molar-refractivity contribution is -0.893. The first-order valence-corrected chi connectivity index (χ1v) is 6.28. The van der Waals surface area contributed by atoms with Gasteiger partial charge in [0.25, 0.3) is 0 Å². The van der Waals surface area contributed by atoms with Gasteiger partial charge in [-0.25, -0.2) is 0 Å². The van der Waals surface area contributed by atoms with Crippen molar-refractivity contribution in [2.75, 3.05) is 33.7 Å². The second-order valence-corrected chi connectivity index (χ2v) is 6.62. The Kier molecular flexibility index (Phi) is 6.50. The average molecular weight is 299 g/mol. The molecule has 0 saturated carbocycles. The number of nitrogens with zero attached hydrogens (tertiary/aromatic N) is 1. The van der Waals surface area contributed by atoms with E-state index in [1.165, 1.54) is 19.5 Å². The van der Waals surface area contributed by atoms with Crippen LogP contribution in [0, 0.1) is 5.92 Å². The van der Waals surface area contributed by atoms with Crippen LogP contribution in [0.1, 0.15) is 20.3 Å². The fraction of sp³-hybridized carbons (Fsp3) is 1.00. The lowest BCUT2D eigenvalue weighted by Crippen LogP contribution is -2.44. The maximum atomic E-state index is 5.59. The minimum absolute atomic E-state index is 0.641. The van der Waals surface area contributed by atoms with Crippen LogP contribution in [0.3, 0.4) is 0 Å². The average Bonchev–Trinajstić information content (AvgIpc) is 1.98. The summed E-state index contributed by atoms with van der Waals surface area (Å²) in [7, 11) is 4.61. The van der Waals surface area contributed by atoms with Crippen molar-refractivity contribution in [3.63, 3.8) is 0 Å². The standard InChI is InChI=1S/C10H24IN2/c1-9(2)8-13(3,4)6-5-10(11)7-12/h9-10H,5-8,12H2,1-4H3/q+1. The minimum atomic E-state index is 0.641. The molecule has 0 bridgehead atoms. The van der Waals surface area contributed by atoms with Crippen LogP contribution in [-0.4, -0.2) is 42.1 Å². The van der Waals surface area contributed by atoms with Gasteiger partial charge in [-0.05, 0) is 0 Å². The number of hydrogen-bond donors (Lipinski definition) is 1. The van der Waals surface area contributed by atoms with Gasteiger partial charge in [-0.1, -0.05) is 36.4 Å². The van der Waals surface area contributed by atoms with Crippen molar-refractivity contribution in [3.05, 3.63) is 0 Å². The highest BCUT2D eigenvalue weighted by Gasteiger charge is 2.17. The zero-order chi connectivity index (χ0) is 10.5. The van der Waals surface area contributed by atoms with Crippen molar-refractivity contribution in [1.29, 1.82) is 0 Å². The van der Waals surface area contributed by atoms with E-state index < -0.39 is 0 Å². The van der Waals surface area contributed by atoms with Crippen LogP contribution in [0.5, 0.6) is 0 Å². The van der Waals surface area contributed by atoms with Crippen molar-refractivity contribution < 1.29 is 4.48 Å². The maximum absolute atomic E-state index is 5.59. The lowest BCUT2D eigenvalue weighted by atomic mass is 10.2. The molecule has 0 saturated heterocycles. The first-order chi connectivity index (χ1) is 5.87. The van der Waals surface area contributed by atoms with E-state index >= 15 is 0 Å². The molecule has 13 heavy (non-hydrogen) atoms. The number of halogens is 1. The zero-order valence-corrected chi connectivity index (χ0v) is 11.5. The van der Waals surface area contributed by atoms with Crippen LogP contribution in [0.25, 0.3) is 0 Å². The normalized spacial score (nSPS) is 15.0. The Labute approximate surface area is 96.6 Å². The molecule has 0 heterocycles. The molecule has 0 aliphatic heterocycles. The summed E-state index contributed by atoms with van der Waals surface area (Å²) >= 11 is 2.44. The summed E-state index contributed by atoms with van der Waals surface area (Å²) in [5, 5.41) is 0. The van der Waals surface area contributed by atoms with Gasteiger partial charge in [0.2, 0.25) is 0 Å². The third kappa shape index (κ3) is 7.70. The Morgan fingerprint density at radius 2 is 1.85 bits per heavy atom. The van der Waals surface area contributed by atoms with Crippen molar-refractivity contribution in [3.8, 4) is 0 Å². The van der Waals surface area contributed by atoms with Crippen LogP contribution in [0.15, 0.2) is 0 Å². The van der Waals surface area contributed by atoms with E-state index in [0.29, 0.717) is 3.92 Å². The molecule has 0 amide bonds. The van der Waals surface area contributed by atoms with Crippen molar-refractivity contribution in [2.24, 2.45) is 11.7 Å². The Morgan fingerprint density at radius 3 is 2.23 bits per heavy atom. The fourth-order valence-electron chi connectivity index (χ4n) is 1.69. The summed E-state index contributed by atoms with van der Waals surface area (Å²) < 4.78 is 1.76. The maximum Gasteiger partial charge on any atom is 0.0805 e. The number of hydrogen-bond acceptors (Lipinski definition) is 1. The number of nitrogens with two attached hydrogens (primary N) is 1. The second kappa shape index (κ2) is 6.19. The smallest absolute Gasteiger partial charge is 0.0805 e. The van der Waals surface area contributed by atoms with E-state index in [2.05, 4.69) is 50.5 Å². The van der Waals surface area contributed by atoms with Crippen LogP contribution in [-0.2, 0) is 0 Å². The van der Waals surface area contributed by atoms with Crippen LogP contribution in [0.2, 0.25) is 0 Å². The summed E-state index contributed by atoms with van der Waals surface area (Å²) in [6.07, 6.45) is 1.23. The molecule has 0 spiro atoms. The zero-order valence-electron chi connectivity index (χ0n) is 9.39. The number of rotatable bonds is 6. The van der Waals surface area contributed by atoms with Crippen molar-refractivity contribution in [1.82, 2.24) is 0 Å². The van der Waals surface area contributed by atoms with Gasteiger partial charge in [0.15, 0.2) is 0 Å². The molecule has 80 valence electrons. The molecule has 0 aromatic rings. The molecule has 1 atom stereocenters. The highest BCUT2D eigenvalue weighted by atomic mass is 127. The summed E-state index contributed by atoms with van der Waals surface area (Å²) in [5.41, 5.74) is 5.59. The summed E-state index contributed by atoms with van der Waals surface area (Å²) in [6, 6.07) is 0. The first kappa shape index (κ1) is 13.7. The van der Waals surface area contributed by atoms with Crippen molar-refractivity contribution in [2.45, 2.75) is 24.2 Å². The lowest BCUT2D eigenvalue weighted by Gasteiger charge is -2.32. The van der Waals surface area contributed by atoms with Gasteiger partial charge in [0, 0.05) is 22.8 Å². The fourth-order valence-corrected chi connectivity index (χ4v) is 1.97. The molecule has 3 heteroatoms. The Hall–Kier alpha value is 0.650. The predicted octanol–water partition coefficient (Wildman–Crippen LogP) is 1.87. The molecule has 1 unspecified atom stereocenters. The van der Waals surface area contributed by atoms with E-state index in [-0.39, 0.29) is 0 Å².